The predicted octanol–water partition coefficient (Wildman–Crippen LogP) is 2.93. The molecule has 0 bridgehead atoms. The minimum atomic E-state index is -0.379. The molecule has 1 aliphatic rings. The summed E-state index contributed by atoms with van der Waals surface area (Å²) in [5.41, 5.74) is 1.10. The van der Waals surface area contributed by atoms with Gasteiger partial charge in [-0.2, -0.15) is 0 Å². The molecule has 3 rings (SSSR count). The number of carbonyl (C=O) groups is 2. The molecule has 27 heavy (non-hydrogen) atoms. The molecule has 0 spiro atoms. The largest absolute Gasteiger partial charge is 0.497 e. The Bertz CT molecular complexity index is 852. The zero-order valence-electron chi connectivity index (χ0n) is 15.4. The van der Waals surface area contributed by atoms with Gasteiger partial charge in [0.05, 0.1) is 44.5 Å². The van der Waals surface area contributed by atoms with Crippen LogP contribution in [-0.4, -0.2) is 33.1 Å². The number of ether oxygens (including phenoxy) is 3. The van der Waals surface area contributed by atoms with Crippen molar-refractivity contribution < 1.29 is 23.8 Å². The number of anilines is 2. The summed E-state index contributed by atoms with van der Waals surface area (Å²) in [6.07, 6.45) is 0.499. The van der Waals surface area contributed by atoms with Gasteiger partial charge in [-0.05, 0) is 30.7 Å². The maximum absolute atomic E-state index is 12.5. The molecule has 142 valence electrons. The fourth-order valence-corrected chi connectivity index (χ4v) is 2.89. The fourth-order valence-electron chi connectivity index (χ4n) is 2.89. The van der Waals surface area contributed by atoms with Gasteiger partial charge in [0.25, 0.3) is 0 Å². The van der Waals surface area contributed by atoms with Crippen molar-refractivity contribution in [3.63, 3.8) is 0 Å². The first-order chi connectivity index (χ1) is 13.1. The monoisotopic (exact) mass is 370 g/mol. The van der Waals surface area contributed by atoms with Crippen molar-refractivity contribution in [2.24, 2.45) is 11.8 Å². The summed E-state index contributed by atoms with van der Waals surface area (Å²) in [5.74, 6) is 0.543. The van der Waals surface area contributed by atoms with E-state index < -0.39 is 0 Å². The molecule has 2 aromatic carbocycles. The minimum absolute atomic E-state index is 0.197. The summed E-state index contributed by atoms with van der Waals surface area (Å²) in [6, 6.07) is 12.3. The van der Waals surface area contributed by atoms with Gasteiger partial charge in [-0.1, -0.05) is 12.1 Å². The van der Waals surface area contributed by atoms with Crippen LogP contribution in [0.1, 0.15) is 6.42 Å². The summed E-state index contributed by atoms with van der Waals surface area (Å²) in [5, 5.41) is 5.65. The number of hydrogen-bond acceptors (Lipinski definition) is 5. The number of rotatable bonds is 7. The van der Waals surface area contributed by atoms with Gasteiger partial charge >= 0.3 is 0 Å². The van der Waals surface area contributed by atoms with Crippen LogP contribution in [-0.2, 0) is 9.59 Å². The number of methoxy groups -OCH3 is 3. The highest BCUT2D eigenvalue weighted by Gasteiger charge is 2.48. The first-order valence-electron chi connectivity index (χ1n) is 8.54. The zero-order chi connectivity index (χ0) is 19.4. The molecule has 1 aliphatic carbocycles. The topological polar surface area (TPSA) is 85.9 Å². The number of nitrogens with one attached hydrogen (secondary N) is 2. The van der Waals surface area contributed by atoms with Crippen LogP contribution in [0.3, 0.4) is 0 Å². The van der Waals surface area contributed by atoms with Gasteiger partial charge in [-0.15, -0.1) is 0 Å². The molecule has 2 aromatic rings. The van der Waals surface area contributed by atoms with Crippen molar-refractivity contribution in [3.05, 3.63) is 42.5 Å². The lowest BCUT2D eigenvalue weighted by molar-refractivity contribution is -0.122. The molecule has 1 fully saturated rings. The van der Waals surface area contributed by atoms with E-state index >= 15 is 0 Å². The molecule has 0 saturated heterocycles. The summed E-state index contributed by atoms with van der Waals surface area (Å²) in [7, 11) is 4.62. The highest BCUT2D eigenvalue weighted by Crippen LogP contribution is 2.41. The Labute approximate surface area is 157 Å². The van der Waals surface area contributed by atoms with Gasteiger partial charge in [0.2, 0.25) is 11.8 Å². The molecule has 2 atom stereocenters. The highest BCUT2D eigenvalue weighted by atomic mass is 16.5. The lowest BCUT2D eigenvalue weighted by atomic mass is 10.2. The Kier molecular flexibility index (Phi) is 5.49. The maximum atomic E-state index is 12.5. The highest BCUT2D eigenvalue weighted by molar-refractivity contribution is 6.04. The van der Waals surface area contributed by atoms with E-state index in [2.05, 4.69) is 10.6 Å². The molecule has 0 aliphatic heterocycles. The number of para-hydroxylation sites is 2. The minimum Gasteiger partial charge on any atom is -0.497 e. The van der Waals surface area contributed by atoms with Gasteiger partial charge in [0, 0.05) is 6.07 Å². The Balaban J connectivity index is 1.63. The maximum Gasteiger partial charge on any atom is 0.228 e. The Morgan fingerprint density at radius 1 is 0.815 bits per heavy atom. The van der Waals surface area contributed by atoms with Crippen molar-refractivity contribution in [1.82, 2.24) is 0 Å². The second kappa shape index (κ2) is 7.99. The molecular weight excluding hydrogens is 348 g/mol. The molecule has 2 N–H and O–H groups in total. The third-order valence-corrected chi connectivity index (χ3v) is 4.49. The van der Waals surface area contributed by atoms with Crippen LogP contribution < -0.4 is 24.8 Å². The molecule has 0 aromatic heterocycles. The van der Waals surface area contributed by atoms with Crippen molar-refractivity contribution in [2.75, 3.05) is 32.0 Å². The second-order valence-corrected chi connectivity index (χ2v) is 6.19. The van der Waals surface area contributed by atoms with Gasteiger partial charge in [-0.25, -0.2) is 0 Å². The van der Waals surface area contributed by atoms with Crippen molar-refractivity contribution in [1.29, 1.82) is 0 Å². The molecule has 2 unspecified atom stereocenters. The number of amides is 2. The van der Waals surface area contributed by atoms with E-state index in [1.54, 1.807) is 44.6 Å². The second-order valence-electron chi connectivity index (χ2n) is 6.19. The lowest BCUT2D eigenvalue weighted by Gasteiger charge is -2.12. The Hall–Kier alpha value is -3.22. The third kappa shape index (κ3) is 4.13. The van der Waals surface area contributed by atoms with E-state index in [1.165, 1.54) is 7.11 Å². The average molecular weight is 370 g/mol. The SMILES string of the molecule is COc1ccc(OC)c(NC(=O)C2CC2C(=O)Nc2ccccc2OC)c1. The first kappa shape index (κ1) is 18.6. The normalized spacial score (nSPS) is 17.6. The van der Waals surface area contributed by atoms with E-state index in [-0.39, 0.29) is 23.7 Å². The molecule has 0 radical (unpaired) electrons. The van der Waals surface area contributed by atoms with Crippen molar-refractivity contribution >= 4 is 23.2 Å². The van der Waals surface area contributed by atoms with E-state index in [4.69, 9.17) is 14.2 Å². The van der Waals surface area contributed by atoms with E-state index in [0.717, 1.165) is 0 Å². The summed E-state index contributed by atoms with van der Waals surface area (Å²) < 4.78 is 15.7. The summed E-state index contributed by atoms with van der Waals surface area (Å²) in [6.45, 7) is 0. The predicted molar refractivity (Wildman–Crippen MR) is 101 cm³/mol. The smallest absolute Gasteiger partial charge is 0.228 e. The van der Waals surface area contributed by atoms with Crippen molar-refractivity contribution in [3.8, 4) is 17.2 Å². The van der Waals surface area contributed by atoms with Gasteiger partial charge in [-0.3, -0.25) is 9.59 Å². The van der Waals surface area contributed by atoms with Gasteiger partial charge < -0.3 is 24.8 Å². The average Bonchev–Trinajstić information content (AvgIpc) is 3.49. The molecule has 7 nitrogen and oxygen atoms in total. The van der Waals surface area contributed by atoms with E-state index in [9.17, 15) is 9.59 Å². The number of hydrogen-bond donors (Lipinski definition) is 2. The molecular formula is C20H22N2O5. The Morgan fingerprint density at radius 3 is 2.04 bits per heavy atom. The summed E-state index contributed by atoms with van der Waals surface area (Å²) in [4.78, 5) is 25.0. The number of carbonyl (C=O) groups excluding carboxylic acids is 2. The van der Waals surface area contributed by atoms with Crippen LogP contribution in [0, 0.1) is 11.8 Å². The van der Waals surface area contributed by atoms with E-state index in [0.29, 0.717) is 35.0 Å². The van der Waals surface area contributed by atoms with E-state index in [1.807, 2.05) is 12.1 Å². The summed E-state index contributed by atoms with van der Waals surface area (Å²) >= 11 is 0. The van der Waals surface area contributed by atoms with Crippen LogP contribution in [0.4, 0.5) is 11.4 Å². The standard InChI is InChI=1S/C20H22N2O5/c1-25-12-8-9-18(27-3)16(10-12)22-20(24)14-11-13(14)19(23)21-15-6-4-5-7-17(15)26-2/h4-10,13-14H,11H2,1-3H3,(H,21,23)(H,22,24). The number of benzene rings is 2. The Morgan fingerprint density at radius 2 is 1.41 bits per heavy atom. The van der Waals surface area contributed by atoms with Crippen LogP contribution in [0.15, 0.2) is 42.5 Å². The lowest BCUT2D eigenvalue weighted by Crippen LogP contribution is -2.21. The first-order valence-corrected chi connectivity index (χ1v) is 8.54. The van der Waals surface area contributed by atoms with Crippen molar-refractivity contribution in [2.45, 2.75) is 6.42 Å². The van der Waals surface area contributed by atoms with Crippen LogP contribution >= 0.6 is 0 Å². The molecule has 7 heteroatoms. The van der Waals surface area contributed by atoms with Crippen LogP contribution in [0.2, 0.25) is 0 Å². The molecule has 1 saturated carbocycles. The zero-order valence-corrected chi connectivity index (χ0v) is 15.4. The molecule has 0 heterocycles. The fraction of sp³-hybridized carbons (Fsp3) is 0.300. The van der Waals surface area contributed by atoms with Crippen LogP contribution in [0.25, 0.3) is 0 Å². The molecule has 2 amide bonds. The third-order valence-electron chi connectivity index (χ3n) is 4.49. The quantitative estimate of drug-likeness (QED) is 0.783. The van der Waals surface area contributed by atoms with Crippen LogP contribution in [0.5, 0.6) is 17.2 Å². The van der Waals surface area contributed by atoms with Gasteiger partial charge in [0.1, 0.15) is 17.2 Å². The van der Waals surface area contributed by atoms with Gasteiger partial charge in [0.15, 0.2) is 0 Å².